The average Bonchev–Trinajstić information content (AvgIpc) is 2.04. The highest BCUT2D eigenvalue weighted by Gasteiger charge is 2.14. The molecule has 0 aromatic heterocycles. The molecule has 0 saturated carbocycles. The van der Waals surface area contributed by atoms with E-state index in [-0.39, 0.29) is 11.7 Å². The molecule has 0 aliphatic rings. The highest BCUT2D eigenvalue weighted by Crippen LogP contribution is 2.12. The third-order valence-electron chi connectivity index (χ3n) is 1.60. The molecule has 0 unspecified atom stereocenters. The van der Waals surface area contributed by atoms with Gasteiger partial charge in [-0.15, -0.1) is 0 Å². The molecule has 0 atom stereocenters. The third kappa shape index (κ3) is 2.84. The first-order valence-electron chi connectivity index (χ1n) is 4.21. The SMILES string of the molecule is CC(C)CS(=O)(=O)c1cc[c]cc1. The molecule has 1 radical (unpaired) electrons. The van der Waals surface area contributed by atoms with Gasteiger partial charge in [0.15, 0.2) is 9.84 Å². The molecule has 0 bridgehead atoms. The first-order chi connectivity index (χ1) is 6.02. The van der Waals surface area contributed by atoms with Gasteiger partial charge in [0.1, 0.15) is 0 Å². The second-order valence-electron chi connectivity index (χ2n) is 3.41. The van der Waals surface area contributed by atoms with Gasteiger partial charge in [0.2, 0.25) is 0 Å². The molecule has 2 nitrogen and oxygen atoms in total. The summed E-state index contributed by atoms with van der Waals surface area (Å²) in [6.07, 6.45) is 0. The van der Waals surface area contributed by atoms with Gasteiger partial charge in [0.25, 0.3) is 0 Å². The number of hydrogen-bond acceptors (Lipinski definition) is 2. The van der Waals surface area contributed by atoms with Gasteiger partial charge in [0.05, 0.1) is 10.6 Å². The molecule has 1 rings (SSSR count). The van der Waals surface area contributed by atoms with E-state index in [0.29, 0.717) is 4.90 Å². The van der Waals surface area contributed by atoms with Crippen LogP contribution in [-0.2, 0) is 9.84 Å². The molecule has 1 aromatic rings. The average molecular weight is 197 g/mol. The lowest BCUT2D eigenvalue weighted by molar-refractivity contribution is 0.582. The van der Waals surface area contributed by atoms with E-state index in [4.69, 9.17) is 0 Å². The predicted molar refractivity (Wildman–Crippen MR) is 52.2 cm³/mol. The maximum absolute atomic E-state index is 11.6. The molecular weight excluding hydrogens is 184 g/mol. The standard InChI is InChI=1S/C10H13O2S/c1-9(2)8-13(11,12)10-6-4-3-5-7-10/h4-7,9H,8H2,1-2H3. The summed E-state index contributed by atoms with van der Waals surface area (Å²) in [5.74, 6) is 0.367. The van der Waals surface area contributed by atoms with E-state index in [0.717, 1.165) is 0 Å². The summed E-state index contributed by atoms with van der Waals surface area (Å²) in [6.45, 7) is 3.79. The largest absolute Gasteiger partial charge is 0.224 e. The summed E-state index contributed by atoms with van der Waals surface area (Å²) < 4.78 is 23.3. The Morgan fingerprint density at radius 3 is 2.31 bits per heavy atom. The fraction of sp³-hybridized carbons (Fsp3) is 0.400. The first kappa shape index (κ1) is 10.3. The minimum atomic E-state index is -3.08. The van der Waals surface area contributed by atoms with E-state index in [1.165, 1.54) is 0 Å². The second-order valence-corrected chi connectivity index (χ2v) is 5.45. The molecular formula is C10H13O2S. The van der Waals surface area contributed by atoms with Gasteiger partial charge in [-0.1, -0.05) is 26.0 Å². The number of sulfone groups is 1. The van der Waals surface area contributed by atoms with Gasteiger partial charge in [-0.05, 0) is 24.1 Å². The summed E-state index contributed by atoms with van der Waals surface area (Å²) in [5.41, 5.74) is 0. The van der Waals surface area contributed by atoms with E-state index in [1.54, 1.807) is 24.3 Å². The maximum Gasteiger partial charge on any atom is 0.178 e. The minimum absolute atomic E-state index is 0.161. The Labute approximate surface area is 79.5 Å². The van der Waals surface area contributed by atoms with Crippen LogP contribution < -0.4 is 0 Å². The van der Waals surface area contributed by atoms with Crippen molar-refractivity contribution in [1.29, 1.82) is 0 Å². The van der Waals surface area contributed by atoms with Gasteiger partial charge >= 0.3 is 0 Å². The molecule has 0 saturated heterocycles. The van der Waals surface area contributed by atoms with Crippen molar-refractivity contribution in [2.45, 2.75) is 18.7 Å². The molecule has 3 heteroatoms. The fourth-order valence-corrected chi connectivity index (χ4v) is 2.73. The molecule has 13 heavy (non-hydrogen) atoms. The van der Waals surface area contributed by atoms with Crippen molar-refractivity contribution in [2.75, 3.05) is 5.75 Å². The molecule has 1 aromatic carbocycles. The molecule has 0 aliphatic heterocycles. The molecule has 0 N–H and O–H groups in total. The van der Waals surface area contributed by atoms with Crippen LogP contribution in [0.2, 0.25) is 0 Å². The number of hydrogen-bond donors (Lipinski definition) is 0. The quantitative estimate of drug-likeness (QED) is 0.741. The van der Waals surface area contributed by atoms with Crippen LogP contribution in [-0.4, -0.2) is 14.2 Å². The lowest BCUT2D eigenvalue weighted by Crippen LogP contribution is -2.11. The molecule has 0 heterocycles. The summed E-state index contributed by atoms with van der Waals surface area (Å²) >= 11 is 0. The molecule has 71 valence electrons. The summed E-state index contributed by atoms with van der Waals surface area (Å²) in [5, 5.41) is 0. The van der Waals surface area contributed by atoms with Crippen LogP contribution in [0.5, 0.6) is 0 Å². The Morgan fingerprint density at radius 1 is 1.31 bits per heavy atom. The molecule has 0 amide bonds. The third-order valence-corrected chi connectivity index (χ3v) is 3.70. The topological polar surface area (TPSA) is 34.1 Å². The normalized spacial score (nSPS) is 11.9. The molecule has 0 aliphatic carbocycles. The Morgan fingerprint density at radius 2 is 1.85 bits per heavy atom. The van der Waals surface area contributed by atoms with Crippen molar-refractivity contribution in [3.63, 3.8) is 0 Å². The van der Waals surface area contributed by atoms with Crippen LogP contribution in [0.25, 0.3) is 0 Å². The van der Waals surface area contributed by atoms with Gasteiger partial charge in [-0.25, -0.2) is 8.42 Å². The van der Waals surface area contributed by atoms with Gasteiger partial charge in [-0.3, -0.25) is 0 Å². The zero-order valence-corrected chi connectivity index (χ0v) is 8.64. The maximum atomic E-state index is 11.6. The molecule has 0 fully saturated rings. The highest BCUT2D eigenvalue weighted by molar-refractivity contribution is 7.91. The van der Waals surface area contributed by atoms with Crippen LogP contribution in [0, 0.1) is 12.0 Å². The second kappa shape index (κ2) is 3.92. The van der Waals surface area contributed by atoms with E-state index >= 15 is 0 Å². The predicted octanol–water partition coefficient (Wildman–Crippen LogP) is 1.92. The van der Waals surface area contributed by atoms with Crippen molar-refractivity contribution >= 4 is 9.84 Å². The van der Waals surface area contributed by atoms with E-state index < -0.39 is 9.84 Å². The lowest BCUT2D eigenvalue weighted by atomic mass is 10.3. The van der Waals surface area contributed by atoms with Crippen LogP contribution in [0.15, 0.2) is 29.2 Å². The van der Waals surface area contributed by atoms with E-state index in [9.17, 15) is 8.42 Å². The Bertz CT molecular complexity index is 352. The minimum Gasteiger partial charge on any atom is -0.224 e. The van der Waals surface area contributed by atoms with Gasteiger partial charge < -0.3 is 0 Å². The van der Waals surface area contributed by atoms with Crippen LogP contribution in [0.4, 0.5) is 0 Å². The van der Waals surface area contributed by atoms with Crippen molar-refractivity contribution in [3.8, 4) is 0 Å². The van der Waals surface area contributed by atoms with E-state index in [1.807, 2.05) is 13.8 Å². The highest BCUT2D eigenvalue weighted by atomic mass is 32.2. The van der Waals surface area contributed by atoms with Gasteiger partial charge in [-0.2, -0.15) is 0 Å². The summed E-state index contributed by atoms with van der Waals surface area (Å²) in [6, 6.07) is 9.19. The van der Waals surface area contributed by atoms with Crippen LogP contribution in [0.1, 0.15) is 13.8 Å². The van der Waals surface area contributed by atoms with E-state index in [2.05, 4.69) is 6.07 Å². The summed E-state index contributed by atoms with van der Waals surface area (Å²) in [4.78, 5) is 0.389. The van der Waals surface area contributed by atoms with Crippen molar-refractivity contribution in [1.82, 2.24) is 0 Å². The van der Waals surface area contributed by atoms with Crippen LogP contribution >= 0.6 is 0 Å². The lowest BCUT2D eigenvalue weighted by Gasteiger charge is -2.05. The smallest absolute Gasteiger partial charge is 0.178 e. The molecule has 0 spiro atoms. The Hall–Kier alpha value is -0.830. The zero-order valence-electron chi connectivity index (χ0n) is 7.82. The Balaban J connectivity index is 2.96. The van der Waals surface area contributed by atoms with Crippen molar-refractivity contribution in [2.24, 2.45) is 5.92 Å². The van der Waals surface area contributed by atoms with Crippen LogP contribution in [0.3, 0.4) is 0 Å². The first-order valence-corrected chi connectivity index (χ1v) is 5.86. The number of benzene rings is 1. The zero-order chi connectivity index (χ0) is 9.90. The van der Waals surface area contributed by atoms with Gasteiger partial charge in [0, 0.05) is 0 Å². The monoisotopic (exact) mass is 197 g/mol. The fourth-order valence-electron chi connectivity index (χ4n) is 1.11. The number of rotatable bonds is 3. The van der Waals surface area contributed by atoms with Crippen molar-refractivity contribution < 1.29 is 8.42 Å². The Kier molecular flexibility index (Phi) is 3.09. The summed E-state index contributed by atoms with van der Waals surface area (Å²) in [7, 11) is -3.08. The van der Waals surface area contributed by atoms with Crippen molar-refractivity contribution in [3.05, 3.63) is 30.3 Å².